The van der Waals surface area contributed by atoms with E-state index in [0.717, 1.165) is 33.8 Å². The summed E-state index contributed by atoms with van der Waals surface area (Å²) in [6.07, 6.45) is 0. The van der Waals surface area contributed by atoms with Crippen LogP contribution in [0.4, 0.5) is 17.1 Å². The summed E-state index contributed by atoms with van der Waals surface area (Å²) < 4.78 is 0. The van der Waals surface area contributed by atoms with Gasteiger partial charge in [-0.05, 0) is 35.4 Å². The Balaban J connectivity index is 0.000000172. The highest BCUT2D eigenvalue weighted by atomic mass is 15.1. The van der Waals surface area contributed by atoms with Gasteiger partial charge < -0.3 is 5.73 Å². The van der Waals surface area contributed by atoms with E-state index in [9.17, 15) is 0 Å². The lowest BCUT2D eigenvalue weighted by molar-refractivity contribution is 1.23. The third kappa shape index (κ3) is 6.02. The smallest absolute Gasteiger partial charge is 0.0935 e. The van der Waals surface area contributed by atoms with E-state index in [1.807, 2.05) is 109 Å². The van der Waals surface area contributed by atoms with Gasteiger partial charge in [-0.3, -0.25) is 0 Å². The number of nitrogens with zero attached hydrogens (tertiary/aromatic N) is 2. The Hall–Kier alpha value is -4.50. The van der Waals surface area contributed by atoms with Crippen molar-refractivity contribution in [3.8, 4) is 22.3 Å². The number of azo groups is 1. The van der Waals surface area contributed by atoms with Crippen molar-refractivity contribution < 1.29 is 0 Å². The topological polar surface area (TPSA) is 50.7 Å². The molecule has 5 aromatic rings. The summed E-state index contributed by atoms with van der Waals surface area (Å²) in [5.41, 5.74) is 12.9. The standard InChI is InChI=1S/C18H14N2.C12H11N/c1-3-9-15(10-4-1)17-13-7-8-14-18(17)20-19-16-11-5-2-6-12-16;13-12-9-5-4-8-11(12)10-6-2-1-3-7-10/h1-14H;1-9H,13H2. The second kappa shape index (κ2) is 11.2. The average Bonchev–Trinajstić information content (AvgIpc) is 2.90. The predicted octanol–water partition coefficient (Wildman–Crippen LogP) is 8.70. The summed E-state index contributed by atoms with van der Waals surface area (Å²) in [6, 6.07) is 46.1. The molecular weight excluding hydrogens is 402 g/mol. The SMILES string of the molecule is Nc1ccccc1-c1ccccc1.c1ccc(N=Nc2ccccc2-c2ccccc2)cc1. The number of hydrogen-bond acceptors (Lipinski definition) is 3. The fourth-order valence-corrected chi connectivity index (χ4v) is 3.41. The maximum absolute atomic E-state index is 5.85. The van der Waals surface area contributed by atoms with Crippen LogP contribution < -0.4 is 5.73 Å². The molecule has 0 aromatic heterocycles. The van der Waals surface area contributed by atoms with Crippen molar-refractivity contribution in [2.24, 2.45) is 10.2 Å². The number of para-hydroxylation sites is 1. The Morgan fingerprint density at radius 1 is 0.394 bits per heavy atom. The molecule has 0 fully saturated rings. The minimum absolute atomic E-state index is 0.828. The highest BCUT2D eigenvalue weighted by Crippen LogP contribution is 2.31. The van der Waals surface area contributed by atoms with Crippen LogP contribution in [-0.2, 0) is 0 Å². The summed E-state index contributed by atoms with van der Waals surface area (Å²) in [5.74, 6) is 0. The van der Waals surface area contributed by atoms with Gasteiger partial charge in [0.2, 0.25) is 0 Å². The van der Waals surface area contributed by atoms with E-state index in [0.29, 0.717) is 0 Å². The van der Waals surface area contributed by atoms with E-state index in [4.69, 9.17) is 5.73 Å². The van der Waals surface area contributed by atoms with Crippen LogP contribution in [0.15, 0.2) is 150 Å². The van der Waals surface area contributed by atoms with Crippen molar-refractivity contribution in [3.05, 3.63) is 140 Å². The maximum atomic E-state index is 5.85. The van der Waals surface area contributed by atoms with Crippen LogP contribution in [0.2, 0.25) is 0 Å². The Kier molecular flexibility index (Phi) is 7.38. The predicted molar refractivity (Wildman–Crippen MR) is 139 cm³/mol. The number of nitrogens with two attached hydrogens (primary N) is 1. The van der Waals surface area contributed by atoms with Crippen LogP contribution in [0.1, 0.15) is 0 Å². The Morgan fingerprint density at radius 2 is 0.848 bits per heavy atom. The molecule has 3 heteroatoms. The third-order valence-corrected chi connectivity index (χ3v) is 5.06. The van der Waals surface area contributed by atoms with Gasteiger partial charge in [-0.25, -0.2) is 0 Å². The Bertz CT molecular complexity index is 1300. The van der Waals surface area contributed by atoms with Crippen molar-refractivity contribution in [2.45, 2.75) is 0 Å². The number of benzene rings is 5. The summed E-state index contributed by atoms with van der Waals surface area (Å²) in [5, 5.41) is 8.67. The second-order valence-electron chi connectivity index (χ2n) is 7.37. The van der Waals surface area contributed by atoms with Crippen LogP contribution in [-0.4, -0.2) is 0 Å². The zero-order chi connectivity index (χ0) is 22.7. The van der Waals surface area contributed by atoms with Gasteiger partial charge in [0.1, 0.15) is 0 Å². The van der Waals surface area contributed by atoms with Gasteiger partial charge in [0.05, 0.1) is 11.4 Å². The molecule has 0 radical (unpaired) electrons. The van der Waals surface area contributed by atoms with Gasteiger partial charge in [0.25, 0.3) is 0 Å². The van der Waals surface area contributed by atoms with Gasteiger partial charge in [-0.15, -0.1) is 5.11 Å². The largest absolute Gasteiger partial charge is 0.398 e. The lowest BCUT2D eigenvalue weighted by Gasteiger charge is -2.04. The molecule has 0 amide bonds. The van der Waals surface area contributed by atoms with E-state index in [-0.39, 0.29) is 0 Å². The molecule has 33 heavy (non-hydrogen) atoms. The normalized spacial score (nSPS) is 10.4. The lowest BCUT2D eigenvalue weighted by Crippen LogP contribution is -1.88. The molecule has 0 heterocycles. The molecule has 160 valence electrons. The van der Waals surface area contributed by atoms with Crippen molar-refractivity contribution in [1.82, 2.24) is 0 Å². The quantitative estimate of drug-likeness (QED) is 0.226. The molecule has 0 aliphatic heterocycles. The van der Waals surface area contributed by atoms with Gasteiger partial charge in [0, 0.05) is 16.8 Å². The van der Waals surface area contributed by atoms with E-state index >= 15 is 0 Å². The number of anilines is 1. The number of hydrogen-bond donors (Lipinski definition) is 1. The first-order valence-electron chi connectivity index (χ1n) is 10.8. The van der Waals surface area contributed by atoms with Crippen molar-refractivity contribution in [3.63, 3.8) is 0 Å². The van der Waals surface area contributed by atoms with Gasteiger partial charge >= 0.3 is 0 Å². The fraction of sp³-hybridized carbons (Fsp3) is 0. The Morgan fingerprint density at radius 3 is 1.45 bits per heavy atom. The van der Waals surface area contributed by atoms with Gasteiger partial charge in [-0.2, -0.15) is 5.11 Å². The number of rotatable bonds is 4. The fourth-order valence-electron chi connectivity index (χ4n) is 3.41. The van der Waals surface area contributed by atoms with Gasteiger partial charge in [0.15, 0.2) is 0 Å². The van der Waals surface area contributed by atoms with E-state index < -0.39 is 0 Å². The molecule has 5 aromatic carbocycles. The van der Waals surface area contributed by atoms with Crippen LogP contribution in [0.25, 0.3) is 22.3 Å². The minimum atomic E-state index is 0.828. The summed E-state index contributed by atoms with van der Waals surface area (Å²) in [7, 11) is 0. The zero-order valence-corrected chi connectivity index (χ0v) is 18.3. The molecule has 0 unspecified atom stereocenters. The summed E-state index contributed by atoms with van der Waals surface area (Å²) in [4.78, 5) is 0. The van der Waals surface area contributed by atoms with Crippen LogP contribution in [0.5, 0.6) is 0 Å². The molecule has 0 spiro atoms. The van der Waals surface area contributed by atoms with Crippen molar-refractivity contribution in [2.75, 3.05) is 5.73 Å². The first kappa shape index (κ1) is 21.7. The molecule has 0 aliphatic carbocycles. The molecule has 0 saturated carbocycles. The molecule has 0 bridgehead atoms. The molecule has 0 saturated heterocycles. The van der Waals surface area contributed by atoms with Crippen molar-refractivity contribution in [1.29, 1.82) is 0 Å². The van der Waals surface area contributed by atoms with Gasteiger partial charge in [-0.1, -0.05) is 115 Å². The van der Waals surface area contributed by atoms with E-state index in [1.165, 1.54) is 5.56 Å². The third-order valence-electron chi connectivity index (χ3n) is 5.06. The molecule has 2 N–H and O–H groups in total. The first-order chi connectivity index (χ1) is 16.3. The first-order valence-corrected chi connectivity index (χ1v) is 10.8. The summed E-state index contributed by atoms with van der Waals surface area (Å²) >= 11 is 0. The zero-order valence-electron chi connectivity index (χ0n) is 18.3. The van der Waals surface area contributed by atoms with Crippen LogP contribution in [0, 0.1) is 0 Å². The highest BCUT2D eigenvalue weighted by Gasteiger charge is 2.03. The van der Waals surface area contributed by atoms with Crippen LogP contribution in [0.3, 0.4) is 0 Å². The maximum Gasteiger partial charge on any atom is 0.0935 e. The number of nitrogen functional groups attached to an aromatic ring is 1. The molecule has 0 aliphatic rings. The highest BCUT2D eigenvalue weighted by molar-refractivity contribution is 5.76. The molecule has 3 nitrogen and oxygen atoms in total. The van der Waals surface area contributed by atoms with E-state index in [2.05, 4.69) is 40.6 Å². The average molecular weight is 428 g/mol. The molecule has 0 atom stereocenters. The Labute approximate surface area is 194 Å². The lowest BCUT2D eigenvalue weighted by atomic mass is 10.0. The van der Waals surface area contributed by atoms with Crippen molar-refractivity contribution >= 4 is 17.1 Å². The monoisotopic (exact) mass is 427 g/mol. The van der Waals surface area contributed by atoms with E-state index in [1.54, 1.807) is 0 Å². The molecule has 5 rings (SSSR count). The molecular formula is C30H25N3. The second-order valence-corrected chi connectivity index (χ2v) is 7.37. The van der Waals surface area contributed by atoms with Crippen LogP contribution >= 0.6 is 0 Å². The summed E-state index contributed by atoms with van der Waals surface area (Å²) in [6.45, 7) is 0. The minimum Gasteiger partial charge on any atom is -0.398 e.